The molecule has 1 saturated heterocycles. The van der Waals surface area contributed by atoms with Crippen molar-refractivity contribution < 1.29 is 23.0 Å². The molecular formula is C13H15F3O2. The van der Waals surface area contributed by atoms with E-state index in [1.807, 2.05) is 0 Å². The van der Waals surface area contributed by atoms with E-state index in [1.54, 1.807) is 0 Å². The minimum atomic E-state index is -4.31. The summed E-state index contributed by atoms with van der Waals surface area (Å²) in [6.45, 7) is 0.994. The van der Waals surface area contributed by atoms with E-state index in [1.165, 1.54) is 12.1 Å². The molecule has 0 amide bonds. The fourth-order valence-electron chi connectivity index (χ4n) is 2.12. The second-order valence-electron chi connectivity index (χ2n) is 4.71. The zero-order chi connectivity index (χ0) is 13.2. The first kappa shape index (κ1) is 13.4. The van der Waals surface area contributed by atoms with Crippen LogP contribution in [0.25, 0.3) is 0 Å². The van der Waals surface area contributed by atoms with Crippen molar-refractivity contribution in [1.29, 1.82) is 0 Å². The average Bonchev–Trinajstić information content (AvgIpc) is 2.29. The van der Waals surface area contributed by atoms with Crippen molar-refractivity contribution in [3.05, 3.63) is 35.4 Å². The lowest BCUT2D eigenvalue weighted by molar-refractivity contribution is -0.137. The zero-order valence-electron chi connectivity index (χ0n) is 9.83. The monoisotopic (exact) mass is 260 g/mol. The standard InChI is InChI=1S/C13H15F3O2/c14-13(15,16)11-3-1-10(2-4-11)9-12(17)5-7-18-8-6-12/h1-4,17H,5-9H2. The molecule has 0 unspecified atom stereocenters. The van der Waals surface area contributed by atoms with Gasteiger partial charge in [0.15, 0.2) is 0 Å². The van der Waals surface area contributed by atoms with Gasteiger partial charge in [-0.2, -0.15) is 13.2 Å². The van der Waals surface area contributed by atoms with Crippen molar-refractivity contribution in [1.82, 2.24) is 0 Å². The summed E-state index contributed by atoms with van der Waals surface area (Å²) in [6, 6.07) is 4.96. The molecule has 1 aromatic rings. The molecule has 0 saturated carbocycles. The van der Waals surface area contributed by atoms with E-state index >= 15 is 0 Å². The van der Waals surface area contributed by atoms with E-state index in [0.29, 0.717) is 38.0 Å². The van der Waals surface area contributed by atoms with Crippen LogP contribution in [0.4, 0.5) is 13.2 Å². The molecular weight excluding hydrogens is 245 g/mol. The maximum Gasteiger partial charge on any atom is 0.416 e. The molecule has 0 radical (unpaired) electrons. The van der Waals surface area contributed by atoms with Crippen LogP contribution in [0, 0.1) is 0 Å². The Bertz CT molecular complexity index is 392. The van der Waals surface area contributed by atoms with E-state index in [4.69, 9.17) is 4.74 Å². The predicted molar refractivity (Wildman–Crippen MR) is 60.2 cm³/mol. The largest absolute Gasteiger partial charge is 0.416 e. The van der Waals surface area contributed by atoms with Gasteiger partial charge in [0.2, 0.25) is 0 Å². The molecule has 0 aliphatic carbocycles. The lowest BCUT2D eigenvalue weighted by atomic mass is 9.87. The summed E-state index contributed by atoms with van der Waals surface area (Å²) >= 11 is 0. The molecule has 1 aromatic carbocycles. The van der Waals surface area contributed by atoms with Gasteiger partial charge in [0.1, 0.15) is 0 Å². The third-order valence-corrected chi connectivity index (χ3v) is 3.24. The molecule has 2 rings (SSSR count). The van der Waals surface area contributed by atoms with E-state index in [-0.39, 0.29) is 0 Å². The molecule has 2 nitrogen and oxygen atoms in total. The second-order valence-corrected chi connectivity index (χ2v) is 4.71. The summed E-state index contributed by atoms with van der Waals surface area (Å²) in [6.07, 6.45) is -2.90. The summed E-state index contributed by atoms with van der Waals surface area (Å²) < 4.78 is 42.3. The van der Waals surface area contributed by atoms with Gasteiger partial charge in [-0.15, -0.1) is 0 Å². The van der Waals surface area contributed by atoms with Gasteiger partial charge in [-0.25, -0.2) is 0 Å². The summed E-state index contributed by atoms with van der Waals surface area (Å²) in [5.74, 6) is 0. The third kappa shape index (κ3) is 3.23. The molecule has 1 fully saturated rings. The van der Waals surface area contributed by atoms with Crippen LogP contribution in [-0.2, 0) is 17.3 Å². The zero-order valence-corrected chi connectivity index (χ0v) is 9.83. The van der Waals surface area contributed by atoms with Gasteiger partial charge in [0.25, 0.3) is 0 Å². The topological polar surface area (TPSA) is 29.5 Å². The SMILES string of the molecule is OC1(Cc2ccc(C(F)(F)F)cc2)CCOCC1. The molecule has 0 aromatic heterocycles. The van der Waals surface area contributed by atoms with Gasteiger partial charge in [0.05, 0.1) is 11.2 Å². The molecule has 18 heavy (non-hydrogen) atoms. The first-order chi connectivity index (χ1) is 8.39. The Morgan fingerprint density at radius 2 is 1.67 bits per heavy atom. The average molecular weight is 260 g/mol. The Labute approximate surface area is 103 Å². The molecule has 1 aliphatic heterocycles. The van der Waals surface area contributed by atoms with Gasteiger partial charge in [-0.3, -0.25) is 0 Å². The number of aliphatic hydroxyl groups is 1. The lowest BCUT2D eigenvalue weighted by Gasteiger charge is -2.32. The van der Waals surface area contributed by atoms with Crippen LogP contribution in [0.1, 0.15) is 24.0 Å². The minimum absolute atomic E-state index is 0.370. The van der Waals surface area contributed by atoms with Gasteiger partial charge in [-0.05, 0) is 30.5 Å². The van der Waals surface area contributed by atoms with E-state index < -0.39 is 17.3 Å². The second kappa shape index (κ2) is 4.90. The quantitative estimate of drug-likeness (QED) is 0.886. The Kier molecular flexibility index (Phi) is 3.64. The number of hydrogen-bond acceptors (Lipinski definition) is 2. The highest BCUT2D eigenvalue weighted by molar-refractivity contribution is 5.25. The highest BCUT2D eigenvalue weighted by Crippen LogP contribution is 2.30. The lowest BCUT2D eigenvalue weighted by Crippen LogP contribution is -2.38. The fraction of sp³-hybridized carbons (Fsp3) is 0.538. The maximum atomic E-state index is 12.4. The van der Waals surface area contributed by atoms with Gasteiger partial charge >= 0.3 is 6.18 Å². The van der Waals surface area contributed by atoms with Crippen molar-refractivity contribution >= 4 is 0 Å². The van der Waals surface area contributed by atoms with E-state index in [0.717, 1.165) is 12.1 Å². The van der Waals surface area contributed by atoms with Crippen LogP contribution in [0.3, 0.4) is 0 Å². The van der Waals surface area contributed by atoms with Crippen LogP contribution >= 0.6 is 0 Å². The Hall–Kier alpha value is -1.07. The Morgan fingerprint density at radius 1 is 1.11 bits per heavy atom. The summed E-state index contributed by atoms with van der Waals surface area (Å²) in [4.78, 5) is 0. The van der Waals surface area contributed by atoms with Crippen LogP contribution in [0.5, 0.6) is 0 Å². The Balaban J connectivity index is 2.06. The third-order valence-electron chi connectivity index (χ3n) is 3.24. The molecule has 5 heteroatoms. The molecule has 100 valence electrons. The van der Waals surface area contributed by atoms with Crippen molar-refractivity contribution in [3.8, 4) is 0 Å². The number of alkyl halides is 3. The summed E-state index contributed by atoms with van der Waals surface area (Å²) in [5, 5.41) is 10.3. The van der Waals surface area contributed by atoms with Crippen LogP contribution in [0.15, 0.2) is 24.3 Å². The fourth-order valence-corrected chi connectivity index (χ4v) is 2.12. The molecule has 1 N–H and O–H groups in total. The summed E-state index contributed by atoms with van der Waals surface area (Å²) in [5.41, 5.74) is -0.796. The Morgan fingerprint density at radius 3 is 2.17 bits per heavy atom. The molecule has 0 spiro atoms. The number of ether oxygens (including phenoxy) is 1. The maximum absolute atomic E-state index is 12.4. The summed E-state index contributed by atoms with van der Waals surface area (Å²) in [7, 11) is 0. The van der Waals surface area contributed by atoms with Crippen molar-refractivity contribution in [2.45, 2.75) is 31.0 Å². The highest BCUT2D eigenvalue weighted by Gasteiger charge is 2.32. The van der Waals surface area contributed by atoms with Crippen LogP contribution in [0.2, 0.25) is 0 Å². The van der Waals surface area contributed by atoms with Crippen LogP contribution in [-0.4, -0.2) is 23.9 Å². The predicted octanol–water partition coefficient (Wildman–Crippen LogP) is 2.79. The molecule has 0 atom stereocenters. The van der Waals surface area contributed by atoms with Crippen molar-refractivity contribution in [2.24, 2.45) is 0 Å². The molecule has 1 heterocycles. The first-order valence-corrected chi connectivity index (χ1v) is 5.85. The number of rotatable bonds is 2. The highest BCUT2D eigenvalue weighted by atomic mass is 19.4. The van der Waals surface area contributed by atoms with Gasteiger partial charge in [0, 0.05) is 19.6 Å². The number of benzene rings is 1. The smallest absolute Gasteiger partial charge is 0.389 e. The molecule has 1 aliphatic rings. The number of hydrogen-bond donors (Lipinski definition) is 1. The van der Waals surface area contributed by atoms with E-state index in [9.17, 15) is 18.3 Å². The number of halogens is 3. The normalized spacial score (nSPS) is 19.8. The van der Waals surface area contributed by atoms with Crippen molar-refractivity contribution in [3.63, 3.8) is 0 Å². The van der Waals surface area contributed by atoms with Gasteiger partial charge in [-0.1, -0.05) is 12.1 Å². The van der Waals surface area contributed by atoms with Crippen LogP contribution < -0.4 is 0 Å². The minimum Gasteiger partial charge on any atom is -0.389 e. The molecule has 0 bridgehead atoms. The van der Waals surface area contributed by atoms with Crippen molar-refractivity contribution in [2.75, 3.05) is 13.2 Å². The van der Waals surface area contributed by atoms with Gasteiger partial charge < -0.3 is 9.84 Å². The van der Waals surface area contributed by atoms with E-state index in [2.05, 4.69) is 0 Å². The first-order valence-electron chi connectivity index (χ1n) is 5.85.